The second kappa shape index (κ2) is 6.56. The summed E-state index contributed by atoms with van der Waals surface area (Å²) in [7, 11) is 0. The highest BCUT2D eigenvalue weighted by Gasteiger charge is 2.43. The lowest BCUT2D eigenvalue weighted by Crippen LogP contribution is -2.29. The molecule has 3 nitrogen and oxygen atoms in total. The summed E-state index contributed by atoms with van der Waals surface area (Å²) in [5.41, 5.74) is -0.836. The molecule has 1 aromatic rings. The molecule has 0 spiro atoms. The third-order valence-corrected chi connectivity index (χ3v) is 2.43. The van der Waals surface area contributed by atoms with Gasteiger partial charge in [0, 0.05) is 5.02 Å². The second-order valence-electron chi connectivity index (χ2n) is 3.66. The van der Waals surface area contributed by atoms with Crippen LogP contribution in [0.15, 0.2) is 29.8 Å². The molecule has 0 saturated carbocycles. The first-order chi connectivity index (χ1) is 9.25. The van der Waals surface area contributed by atoms with Gasteiger partial charge in [0.05, 0.1) is 6.61 Å². The minimum Gasteiger partial charge on any atom is -0.462 e. The lowest BCUT2D eigenvalue weighted by atomic mass is 10.1. The van der Waals surface area contributed by atoms with Gasteiger partial charge in [-0.3, -0.25) is 4.79 Å². The van der Waals surface area contributed by atoms with Gasteiger partial charge in [-0.05, 0) is 30.7 Å². The molecule has 0 aliphatic heterocycles. The Hall–Kier alpha value is -1.82. The van der Waals surface area contributed by atoms with E-state index in [1.807, 2.05) is 0 Å². The van der Waals surface area contributed by atoms with Crippen LogP contribution in [0.3, 0.4) is 0 Å². The van der Waals surface area contributed by atoms with E-state index in [1.54, 1.807) is 0 Å². The predicted molar refractivity (Wildman–Crippen MR) is 67.1 cm³/mol. The Morgan fingerprint density at radius 3 is 2.25 bits per heavy atom. The quantitative estimate of drug-likeness (QED) is 0.370. The number of ketones is 1. The number of hydrogen-bond acceptors (Lipinski definition) is 3. The first-order valence-electron chi connectivity index (χ1n) is 5.51. The molecular weight excluding hydrogens is 297 g/mol. The molecule has 0 N–H and O–H groups in total. The van der Waals surface area contributed by atoms with Crippen molar-refractivity contribution in [2.45, 2.75) is 13.1 Å². The smallest absolute Gasteiger partial charge is 0.455 e. The molecule has 20 heavy (non-hydrogen) atoms. The summed E-state index contributed by atoms with van der Waals surface area (Å²) in [5, 5.41) is 0.377. The van der Waals surface area contributed by atoms with Crippen LogP contribution in [0.25, 0.3) is 6.08 Å². The highest BCUT2D eigenvalue weighted by Crippen LogP contribution is 2.23. The average Bonchev–Trinajstić information content (AvgIpc) is 2.36. The number of alkyl halides is 3. The number of Topliss-reactive ketones (excluding diaryl/α,β-unsaturated/α-hetero) is 1. The van der Waals surface area contributed by atoms with E-state index in [0.717, 1.165) is 6.08 Å². The molecular formula is C13H10ClF3O3. The van der Waals surface area contributed by atoms with Gasteiger partial charge < -0.3 is 4.74 Å². The van der Waals surface area contributed by atoms with Crippen LogP contribution in [0.2, 0.25) is 5.02 Å². The van der Waals surface area contributed by atoms with Crippen LogP contribution in [-0.2, 0) is 14.3 Å². The summed E-state index contributed by atoms with van der Waals surface area (Å²) in [6.45, 7) is 1.29. The summed E-state index contributed by atoms with van der Waals surface area (Å²) in [5.74, 6) is -3.56. The molecule has 1 rings (SSSR count). The predicted octanol–water partition coefficient (Wildman–Crippen LogP) is 3.42. The molecule has 0 aromatic heterocycles. The number of hydrogen-bond donors (Lipinski definition) is 0. The van der Waals surface area contributed by atoms with Crippen molar-refractivity contribution in [2.24, 2.45) is 0 Å². The minimum absolute atomic E-state index is 0.137. The molecule has 108 valence electrons. The van der Waals surface area contributed by atoms with Gasteiger partial charge in [-0.25, -0.2) is 4.79 Å². The highest BCUT2D eigenvalue weighted by atomic mass is 35.5. The molecule has 0 aliphatic carbocycles. The van der Waals surface area contributed by atoms with Crippen molar-refractivity contribution in [1.29, 1.82) is 0 Å². The molecule has 0 bridgehead atoms. The van der Waals surface area contributed by atoms with Crippen LogP contribution in [-0.4, -0.2) is 24.5 Å². The fourth-order valence-electron chi connectivity index (χ4n) is 1.30. The molecule has 0 aliphatic rings. The Kier molecular flexibility index (Phi) is 5.33. The maximum atomic E-state index is 12.4. The number of halogens is 4. The van der Waals surface area contributed by atoms with Crippen molar-refractivity contribution in [3.63, 3.8) is 0 Å². The van der Waals surface area contributed by atoms with E-state index in [9.17, 15) is 22.8 Å². The molecule has 0 radical (unpaired) electrons. The van der Waals surface area contributed by atoms with Gasteiger partial charge in [0.25, 0.3) is 5.78 Å². The lowest BCUT2D eigenvalue weighted by molar-refractivity contribution is -0.168. The Morgan fingerprint density at radius 2 is 1.80 bits per heavy atom. The fourth-order valence-corrected chi connectivity index (χ4v) is 1.43. The third kappa shape index (κ3) is 4.38. The first kappa shape index (κ1) is 16.2. The summed E-state index contributed by atoms with van der Waals surface area (Å²) in [6, 6.07) is 5.61. The number of carbonyl (C=O) groups excluding carboxylic acids is 2. The van der Waals surface area contributed by atoms with Gasteiger partial charge in [0.15, 0.2) is 0 Å². The van der Waals surface area contributed by atoms with Gasteiger partial charge in [-0.2, -0.15) is 13.2 Å². The molecule has 0 fully saturated rings. The van der Waals surface area contributed by atoms with E-state index in [4.69, 9.17) is 11.6 Å². The van der Waals surface area contributed by atoms with E-state index in [2.05, 4.69) is 4.74 Å². The van der Waals surface area contributed by atoms with Crippen LogP contribution >= 0.6 is 11.6 Å². The third-order valence-electron chi connectivity index (χ3n) is 2.18. The average molecular weight is 307 g/mol. The van der Waals surface area contributed by atoms with Crippen molar-refractivity contribution in [3.05, 3.63) is 40.4 Å². The summed E-state index contributed by atoms with van der Waals surface area (Å²) >= 11 is 5.64. The molecule has 0 atom stereocenters. The zero-order chi connectivity index (χ0) is 15.3. The van der Waals surface area contributed by atoms with Crippen molar-refractivity contribution in [2.75, 3.05) is 6.61 Å². The summed E-state index contributed by atoms with van der Waals surface area (Å²) < 4.78 is 41.8. The molecule has 0 saturated heterocycles. The SMILES string of the molecule is CCOC(=O)/C(=C/c1ccc(Cl)cc1)C(=O)C(F)(F)F. The van der Waals surface area contributed by atoms with Crippen molar-refractivity contribution in [3.8, 4) is 0 Å². The Labute approximate surface area is 118 Å². The molecule has 0 heterocycles. The number of rotatable bonds is 4. The van der Waals surface area contributed by atoms with Crippen LogP contribution in [0, 0.1) is 0 Å². The van der Waals surface area contributed by atoms with E-state index >= 15 is 0 Å². The zero-order valence-electron chi connectivity index (χ0n) is 10.3. The molecule has 0 unspecified atom stereocenters. The maximum Gasteiger partial charge on any atom is 0.455 e. The summed E-state index contributed by atoms with van der Waals surface area (Å²) in [4.78, 5) is 22.7. The zero-order valence-corrected chi connectivity index (χ0v) is 11.1. The fraction of sp³-hybridized carbons (Fsp3) is 0.231. The Bertz CT molecular complexity index is 533. The van der Waals surface area contributed by atoms with Crippen LogP contribution in [0.4, 0.5) is 13.2 Å². The van der Waals surface area contributed by atoms with E-state index in [1.165, 1.54) is 31.2 Å². The molecule has 7 heteroatoms. The molecule has 1 aromatic carbocycles. The normalized spacial score (nSPS) is 12.2. The van der Waals surface area contributed by atoms with Crippen molar-refractivity contribution >= 4 is 29.4 Å². The minimum atomic E-state index is -5.15. The van der Waals surface area contributed by atoms with E-state index in [-0.39, 0.29) is 12.2 Å². The maximum absolute atomic E-state index is 12.4. The van der Waals surface area contributed by atoms with E-state index < -0.39 is 23.5 Å². The number of benzene rings is 1. The van der Waals surface area contributed by atoms with Crippen LogP contribution in [0.5, 0.6) is 0 Å². The highest BCUT2D eigenvalue weighted by molar-refractivity contribution is 6.30. The van der Waals surface area contributed by atoms with Crippen molar-refractivity contribution < 1.29 is 27.5 Å². The largest absolute Gasteiger partial charge is 0.462 e. The number of carbonyl (C=O) groups is 2. The van der Waals surface area contributed by atoms with Gasteiger partial charge in [-0.1, -0.05) is 23.7 Å². The first-order valence-corrected chi connectivity index (χ1v) is 5.89. The Morgan fingerprint density at radius 1 is 1.25 bits per heavy atom. The lowest BCUT2D eigenvalue weighted by Gasteiger charge is -2.09. The Balaban J connectivity index is 3.20. The standard InChI is InChI=1S/C13H10ClF3O3/c1-2-20-12(19)10(11(18)13(15,16)17)7-8-3-5-9(14)6-4-8/h3-7H,2H2,1H3/b10-7+. The number of esters is 1. The topological polar surface area (TPSA) is 43.4 Å². The van der Waals surface area contributed by atoms with Crippen molar-refractivity contribution in [1.82, 2.24) is 0 Å². The molecule has 0 amide bonds. The second-order valence-corrected chi connectivity index (χ2v) is 4.09. The van der Waals surface area contributed by atoms with Crippen LogP contribution < -0.4 is 0 Å². The van der Waals surface area contributed by atoms with Gasteiger partial charge >= 0.3 is 12.1 Å². The number of ether oxygens (including phenoxy) is 1. The van der Waals surface area contributed by atoms with E-state index in [0.29, 0.717) is 5.02 Å². The van der Waals surface area contributed by atoms with Gasteiger partial charge in [0.1, 0.15) is 5.57 Å². The van der Waals surface area contributed by atoms with Crippen LogP contribution in [0.1, 0.15) is 12.5 Å². The summed E-state index contributed by atoms with van der Waals surface area (Å²) in [6.07, 6.45) is -4.32. The monoisotopic (exact) mass is 306 g/mol. The van der Waals surface area contributed by atoms with Gasteiger partial charge in [0.2, 0.25) is 0 Å². The van der Waals surface area contributed by atoms with Gasteiger partial charge in [-0.15, -0.1) is 0 Å².